The van der Waals surface area contributed by atoms with Gasteiger partial charge in [-0.3, -0.25) is 9.89 Å². The number of rotatable bonds is 3. The van der Waals surface area contributed by atoms with E-state index in [1.54, 1.807) is 24.3 Å². The number of aromatic amines is 1. The molecule has 124 valence electrons. The van der Waals surface area contributed by atoms with E-state index in [2.05, 4.69) is 21.6 Å². The summed E-state index contributed by atoms with van der Waals surface area (Å²) in [6.07, 6.45) is 0.183. The SMILES string of the molecule is N#Cc1ccc2[nH]nc(NC(=O)Cc3ccc4c(c3)OCCO4)c2c1. The van der Waals surface area contributed by atoms with E-state index < -0.39 is 0 Å². The van der Waals surface area contributed by atoms with Crippen molar-refractivity contribution >= 4 is 22.6 Å². The highest BCUT2D eigenvalue weighted by Gasteiger charge is 2.14. The zero-order chi connectivity index (χ0) is 17.2. The Hall–Kier alpha value is -3.53. The minimum atomic E-state index is -0.201. The molecule has 0 atom stereocenters. The van der Waals surface area contributed by atoms with E-state index >= 15 is 0 Å². The molecule has 7 nitrogen and oxygen atoms in total. The Morgan fingerprint density at radius 2 is 2.04 bits per heavy atom. The number of nitrogens with zero attached hydrogens (tertiary/aromatic N) is 2. The fraction of sp³-hybridized carbons (Fsp3) is 0.167. The van der Waals surface area contributed by atoms with Gasteiger partial charge in [0, 0.05) is 5.39 Å². The van der Waals surface area contributed by atoms with Gasteiger partial charge in [-0.15, -0.1) is 0 Å². The first-order valence-electron chi connectivity index (χ1n) is 7.79. The molecule has 2 N–H and O–H groups in total. The number of anilines is 1. The standard InChI is InChI=1S/C18H14N4O3/c19-10-12-1-3-14-13(7-12)18(22-21-14)20-17(23)9-11-2-4-15-16(8-11)25-6-5-24-15/h1-4,7-8H,5-6,9H2,(H2,20,21,22,23). The van der Waals surface area contributed by atoms with Crippen LogP contribution in [-0.4, -0.2) is 29.3 Å². The molecular weight excluding hydrogens is 320 g/mol. The molecule has 0 bridgehead atoms. The van der Waals surface area contributed by atoms with Gasteiger partial charge >= 0.3 is 0 Å². The van der Waals surface area contributed by atoms with Gasteiger partial charge in [0.15, 0.2) is 17.3 Å². The molecule has 0 unspecified atom stereocenters. The molecular formula is C18H14N4O3. The van der Waals surface area contributed by atoms with Crippen molar-refractivity contribution < 1.29 is 14.3 Å². The Morgan fingerprint density at radius 1 is 1.20 bits per heavy atom. The third-order valence-electron chi connectivity index (χ3n) is 3.92. The lowest BCUT2D eigenvalue weighted by Gasteiger charge is -2.18. The molecule has 0 aliphatic carbocycles. The first kappa shape index (κ1) is 15.0. The predicted octanol–water partition coefficient (Wildman–Crippen LogP) is 2.39. The number of benzene rings is 2. The summed E-state index contributed by atoms with van der Waals surface area (Å²) >= 11 is 0. The molecule has 2 heterocycles. The first-order chi connectivity index (χ1) is 12.2. The Bertz CT molecular complexity index is 1000. The summed E-state index contributed by atoms with van der Waals surface area (Å²) in [5, 5.41) is 19.4. The van der Waals surface area contributed by atoms with E-state index in [0.717, 1.165) is 11.1 Å². The van der Waals surface area contributed by atoms with Gasteiger partial charge in [-0.1, -0.05) is 6.07 Å². The van der Waals surface area contributed by atoms with Crippen molar-refractivity contribution in [3.8, 4) is 17.6 Å². The maximum atomic E-state index is 12.3. The van der Waals surface area contributed by atoms with E-state index in [9.17, 15) is 4.79 Å². The van der Waals surface area contributed by atoms with Crippen LogP contribution in [0.15, 0.2) is 36.4 Å². The van der Waals surface area contributed by atoms with Gasteiger partial charge in [-0.25, -0.2) is 0 Å². The lowest BCUT2D eigenvalue weighted by atomic mass is 10.1. The number of nitriles is 1. The van der Waals surface area contributed by atoms with Crippen LogP contribution >= 0.6 is 0 Å². The van der Waals surface area contributed by atoms with Crippen LogP contribution in [0.1, 0.15) is 11.1 Å². The number of carbonyl (C=O) groups excluding carboxylic acids is 1. The van der Waals surface area contributed by atoms with Gasteiger partial charge in [0.1, 0.15) is 13.2 Å². The summed E-state index contributed by atoms with van der Waals surface area (Å²) in [7, 11) is 0. The number of hydrogen-bond acceptors (Lipinski definition) is 5. The molecule has 25 heavy (non-hydrogen) atoms. The van der Waals surface area contributed by atoms with E-state index in [4.69, 9.17) is 14.7 Å². The number of aromatic nitrogens is 2. The maximum Gasteiger partial charge on any atom is 0.230 e. The largest absolute Gasteiger partial charge is 0.486 e. The van der Waals surface area contributed by atoms with Crippen LogP contribution in [0, 0.1) is 11.3 Å². The highest BCUT2D eigenvalue weighted by Crippen LogP contribution is 2.31. The van der Waals surface area contributed by atoms with Crippen molar-refractivity contribution in [2.45, 2.75) is 6.42 Å². The molecule has 1 amide bonds. The van der Waals surface area contributed by atoms with Crippen LogP contribution in [0.25, 0.3) is 10.9 Å². The minimum Gasteiger partial charge on any atom is -0.486 e. The molecule has 1 aliphatic rings. The topological polar surface area (TPSA) is 100 Å². The third-order valence-corrected chi connectivity index (χ3v) is 3.92. The molecule has 0 fully saturated rings. The van der Waals surface area contributed by atoms with E-state index in [-0.39, 0.29) is 12.3 Å². The molecule has 0 saturated heterocycles. The van der Waals surface area contributed by atoms with Gasteiger partial charge in [-0.05, 0) is 35.9 Å². The fourth-order valence-corrected chi connectivity index (χ4v) is 2.74. The van der Waals surface area contributed by atoms with Gasteiger partial charge in [-0.2, -0.15) is 10.4 Å². The van der Waals surface area contributed by atoms with Crippen LogP contribution in [0.5, 0.6) is 11.5 Å². The number of amides is 1. The quantitative estimate of drug-likeness (QED) is 0.766. The molecule has 0 spiro atoms. The Labute approximate surface area is 143 Å². The Morgan fingerprint density at radius 3 is 2.88 bits per heavy atom. The summed E-state index contributed by atoms with van der Waals surface area (Å²) in [4.78, 5) is 12.3. The summed E-state index contributed by atoms with van der Waals surface area (Å²) in [5.74, 6) is 1.56. The second-order valence-electron chi connectivity index (χ2n) is 5.65. The van der Waals surface area contributed by atoms with Crippen molar-refractivity contribution in [3.63, 3.8) is 0 Å². The van der Waals surface area contributed by atoms with Crippen LogP contribution in [0.2, 0.25) is 0 Å². The summed E-state index contributed by atoms with van der Waals surface area (Å²) in [5.41, 5.74) is 2.09. The molecule has 1 aromatic heterocycles. The third kappa shape index (κ3) is 2.97. The molecule has 4 rings (SSSR count). The number of nitrogens with one attached hydrogen (secondary N) is 2. The van der Waals surface area contributed by atoms with Gasteiger partial charge in [0.25, 0.3) is 0 Å². The monoisotopic (exact) mass is 334 g/mol. The van der Waals surface area contributed by atoms with Crippen LogP contribution in [0.4, 0.5) is 5.82 Å². The smallest absolute Gasteiger partial charge is 0.230 e. The summed E-state index contributed by atoms with van der Waals surface area (Å²) in [6, 6.07) is 12.7. The van der Waals surface area contributed by atoms with Gasteiger partial charge in [0.2, 0.25) is 5.91 Å². The maximum absolute atomic E-state index is 12.3. The summed E-state index contributed by atoms with van der Waals surface area (Å²) < 4.78 is 11.0. The highest BCUT2D eigenvalue weighted by atomic mass is 16.6. The van der Waals surface area contributed by atoms with Crippen LogP contribution in [0.3, 0.4) is 0 Å². The Balaban J connectivity index is 1.52. The normalized spacial score (nSPS) is 12.6. The predicted molar refractivity (Wildman–Crippen MR) is 90.6 cm³/mol. The van der Waals surface area contributed by atoms with Crippen molar-refractivity contribution in [1.82, 2.24) is 10.2 Å². The number of hydrogen-bond donors (Lipinski definition) is 2. The zero-order valence-corrected chi connectivity index (χ0v) is 13.2. The lowest BCUT2D eigenvalue weighted by molar-refractivity contribution is -0.115. The molecule has 0 saturated carbocycles. The highest BCUT2D eigenvalue weighted by molar-refractivity contribution is 6.00. The number of ether oxygens (including phenoxy) is 2. The number of fused-ring (bicyclic) bond motifs is 2. The van der Waals surface area contributed by atoms with Crippen molar-refractivity contribution in [2.75, 3.05) is 18.5 Å². The van der Waals surface area contributed by atoms with Gasteiger partial charge < -0.3 is 14.8 Å². The second kappa shape index (κ2) is 6.17. The molecule has 2 aromatic carbocycles. The molecule has 7 heteroatoms. The van der Waals surface area contributed by atoms with Crippen LogP contribution in [-0.2, 0) is 11.2 Å². The zero-order valence-electron chi connectivity index (χ0n) is 13.2. The van der Waals surface area contributed by atoms with Crippen LogP contribution < -0.4 is 14.8 Å². The van der Waals surface area contributed by atoms with Crippen molar-refractivity contribution in [2.24, 2.45) is 0 Å². The molecule has 3 aromatic rings. The van der Waals surface area contributed by atoms with Crippen molar-refractivity contribution in [3.05, 3.63) is 47.5 Å². The molecule has 1 aliphatic heterocycles. The summed E-state index contributed by atoms with van der Waals surface area (Å²) in [6.45, 7) is 1.03. The van der Waals surface area contributed by atoms with E-state index in [1.165, 1.54) is 0 Å². The van der Waals surface area contributed by atoms with E-state index in [0.29, 0.717) is 41.5 Å². The van der Waals surface area contributed by atoms with E-state index in [1.807, 2.05) is 12.1 Å². The van der Waals surface area contributed by atoms with Gasteiger partial charge in [0.05, 0.1) is 23.6 Å². The fourth-order valence-electron chi connectivity index (χ4n) is 2.74. The number of carbonyl (C=O) groups is 1. The average molecular weight is 334 g/mol. The van der Waals surface area contributed by atoms with Crippen molar-refractivity contribution in [1.29, 1.82) is 5.26 Å². The number of H-pyrrole nitrogens is 1. The Kier molecular flexibility index (Phi) is 3.71. The molecule has 0 radical (unpaired) electrons. The first-order valence-corrected chi connectivity index (χ1v) is 7.79. The minimum absolute atomic E-state index is 0.183. The average Bonchev–Trinajstić information content (AvgIpc) is 3.03. The lowest BCUT2D eigenvalue weighted by Crippen LogP contribution is -2.17. The second-order valence-corrected chi connectivity index (χ2v) is 5.65.